The van der Waals surface area contributed by atoms with Gasteiger partial charge in [-0.2, -0.15) is 0 Å². The lowest BCUT2D eigenvalue weighted by Gasteiger charge is -2.18. The zero-order valence-corrected chi connectivity index (χ0v) is 11.3. The van der Waals surface area contributed by atoms with E-state index >= 15 is 0 Å². The first-order valence-electron chi connectivity index (χ1n) is 4.54. The molecule has 0 radical (unpaired) electrons. The maximum absolute atomic E-state index is 13.4. The topological polar surface area (TPSA) is 40.5 Å². The third-order valence-electron chi connectivity index (χ3n) is 2.13. The molecule has 0 heterocycles. The molecule has 0 aliphatic rings. The molecule has 2 N–H and O–H groups in total. The van der Waals surface area contributed by atoms with E-state index < -0.39 is 23.8 Å². The summed E-state index contributed by atoms with van der Waals surface area (Å²) < 4.78 is 26.5. The highest BCUT2D eigenvalue weighted by atomic mass is 79.9. The largest absolute Gasteiger partial charge is 0.390 e. The van der Waals surface area contributed by atoms with Gasteiger partial charge in [-0.05, 0) is 34.5 Å². The molecule has 1 aromatic rings. The first kappa shape index (κ1) is 14.0. The first-order chi connectivity index (χ1) is 7.47. The summed E-state index contributed by atoms with van der Waals surface area (Å²) in [6.07, 6.45) is -2.31. The smallest absolute Gasteiger partial charge is 0.137 e. The highest BCUT2D eigenvalue weighted by Gasteiger charge is 2.22. The summed E-state index contributed by atoms with van der Waals surface area (Å²) in [5.41, 5.74) is -0.242. The lowest BCUT2D eigenvalue weighted by atomic mass is 10.0. The molecule has 2 atom stereocenters. The van der Waals surface area contributed by atoms with Gasteiger partial charge in [0, 0.05) is 10.9 Å². The third-order valence-corrected chi connectivity index (χ3v) is 3.19. The standard InChI is InChI=1S/C10H10Br2F2O2/c11-2-1-9(15)10(16)5-3-8(14)6(12)4-7(5)13/h3-4,9-10,15-16H,1-2H2. The van der Waals surface area contributed by atoms with Crippen LogP contribution in [0.1, 0.15) is 18.1 Å². The Kier molecular flexibility index (Phi) is 5.30. The Morgan fingerprint density at radius 2 is 1.81 bits per heavy atom. The summed E-state index contributed by atoms with van der Waals surface area (Å²) in [4.78, 5) is 0. The number of rotatable bonds is 4. The van der Waals surface area contributed by atoms with Gasteiger partial charge in [-0.25, -0.2) is 8.78 Å². The lowest BCUT2D eigenvalue weighted by molar-refractivity contribution is 0.0151. The maximum Gasteiger partial charge on any atom is 0.137 e. The Labute approximate surface area is 109 Å². The van der Waals surface area contributed by atoms with E-state index in [2.05, 4.69) is 31.9 Å². The number of halogens is 4. The second kappa shape index (κ2) is 6.05. The zero-order valence-electron chi connectivity index (χ0n) is 8.13. The average Bonchev–Trinajstić information content (AvgIpc) is 2.23. The van der Waals surface area contributed by atoms with Crippen LogP contribution in [0.3, 0.4) is 0 Å². The van der Waals surface area contributed by atoms with Gasteiger partial charge in [0.15, 0.2) is 0 Å². The van der Waals surface area contributed by atoms with E-state index in [-0.39, 0.29) is 16.5 Å². The van der Waals surface area contributed by atoms with E-state index in [1.165, 1.54) is 0 Å². The monoisotopic (exact) mass is 358 g/mol. The number of aliphatic hydroxyl groups is 2. The average molecular weight is 360 g/mol. The van der Waals surface area contributed by atoms with Crippen molar-refractivity contribution in [1.29, 1.82) is 0 Å². The molecule has 0 fully saturated rings. The summed E-state index contributed by atoms with van der Waals surface area (Å²) in [6.45, 7) is 0. The molecule has 2 nitrogen and oxygen atoms in total. The number of hydrogen-bond acceptors (Lipinski definition) is 2. The van der Waals surface area contributed by atoms with Gasteiger partial charge in [0.2, 0.25) is 0 Å². The van der Waals surface area contributed by atoms with Crippen LogP contribution < -0.4 is 0 Å². The van der Waals surface area contributed by atoms with Gasteiger partial charge in [0.1, 0.15) is 17.7 Å². The Morgan fingerprint density at radius 3 is 2.38 bits per heavy atom. The minimum atomic E-state index is -1.43. The van der Waals surface area contributed by atoms with Crippen molar-refractivity contribution < 1.29 is 19.0 Å². The number of alkyl halides is 1. The molecule has 90 valence electrons. The third kappa shape index (κ3) is 3.23. The van der Waals surface area contributed by atoms with Crippen LogP contribution in [0.2, 0.25) is 0 Å². The predicted octanol–water partition coefficient (Wildman–Crippen LogP) is 2.91. The second-order valence-corrected chi connectivity index (χ2v) is 4.93. The van der Waals surface area contributed by atoms with Crippen LogP contribution in [0.4, 0.5) is 8.78 Å². The van der Waals surface area contributed by atoms with Gasteiger partial charge < -0.3 is 10.2 Å². The number of hydrogen-bond donors (Lipinski definition) is 2. The normalized spacial score (nSPS) is 14.9. The van der Waals surface area contributed by atoms with Crippen molar-refractivity contribution in [3.05, 3.63) is 33.8 Å². The minimum absolute atomic E-state index is 0.0177. The molecule has 0 bridgehead atoms. The van der Waals surface area contributed by atoms with E-state index in [1.807, 2.05) is 0 Å². The molecule has 1 aromatic carbocycles. The molecule has 0 spiro atoms. The highest BCUT2D eigenvalue weighted by molar-refractivity contribution is 9.10. The van der Waals surface area contributed by atoms with E-state index in [0.29, 0.717) is 5.33 Å². The SMILES string of the molecule is OC(CCBr)C(O)c1cc(F)c(Br)cc1F. The molecule has 0 amide bonds. The summed E-state index contributed by atoms with van der Waals surface area (Å²) in [7, 11) is 0. The summed E-state index contributed by atoms with van der Waals surface area (Å²) in [5, 5.41) is 19.6. The van der Waals surface area contributed by atoms with Gasteiger partial charge in [0.25, 0.3) is 0 Å². The van der Waals surface area contributed by atoms with Crippen molar-refractivity contribution in [1.82, 2.24) is 0 Å². The van der Waals surface area contributed by atoms with Crippen molar-refractivity contribution in [2.24, 2.45) is 0 Å². The molecular weight excluding hydrogens is 350 g/mol. The first-order valence-corrected chi connectivity index (χ1v) is 6.45. The van der Waals surface area contributed by atoms with Crippen LogP contribution in [0.15, 0.2) is 16.6 Å². The van der Waals surface area contributed by atoms with Gasteiger partial charge in [-0.3, -0.25) is 0 Å². The molecule has 0 saturated carbocycles. The lowest BCUT2D eigenvalue weighted by Crippen LogP contribution is -2.20. The zero-order chi connectivity index (χ0) is 12.3. The Morgan fingerprint density at radius 1 is 1.19 bits per heavy atom. The second-order valence-electron chi connectivity index (χ2n) is 3.28. The van der Waals surface area contributed by atoms with Crippen molar-refractivity contribution in [3.8, 4) is 0 Å². The van der Waals surface area contributed by atoms with Gasteiger partial charge in [0.05, 0.1) is 10.6 Å². The molecule has 1 rings (SSSR count). The van der Waals surface area contributed by atoms with Crippen molar-refractivity contribution in [3.63, 3.8) is 0 Å². The summed E-state index contributed by atoms with van der Waals surface area (Å²) in [5.74, 6) is -1.43. The fraction of sp³-hybridized carbons (Fsp3) is 0.400. The predicted molar refractivity (Wildman–Crippen MR) is 63.4 cm³/mol. The van der Waals surface area contributed by atoms with Crippen molar-refractivity contribution in [2.75, 3.05) is 5.33 Å². The Hall–Kier alpha value is -0.0400. The van der Waals surface area contributed by atoms with Crippen LogP contribution in [0.25, 0.3) is 0 Å². The fourth-order valence-electron chi connectivity index (χ4n) is 1.24. The van der Waals surface area contributed by atoms with Crippen molar-refractivity contribution >= 4 is 31.9 Å². The molecule has 16 heavy (non-hydrogen) atoms. The van der Waals surface area contributed by atoms with Crippen LogP contribution >= 0.6 is 31.9 Å². The molecule has 0 aliphatic heterocycles. The minimum Gasteiger partial charge on any atom is -0.390 e. The molecule has 0 aliphatic carbocycles. The van der Waals surface area contributed by atoms with E-state index in [1.54, 1.807) is 0 Å². The molecule has 6 heteroatoms. The molecule has 0 aromatic heterocycles. The Bertz CT molecular complexity index is 374. The Balaban J connectivity index is 2.99. The molecule has 2 unspecified atom stereocenters. The van der Waals surface area contributed by atoms with Gasteiger partial charge >= 0.3 is 0 Å². The van der Waals surface area contributed by atoms with Crippen molar-refractivity contribution in [2.45, 2.75) is 18.6 Å². The highest BCUT2D eigenvalue weighted by Crippen LogP contribution is 2.27. The van der Waals surface area contributed by atoms with E-state index in [0.717, 1.165) is 12.1 Å². The van der Waals surface area contributed by atoms with Crippen LogP contribution in [0.5, 0.6) is 0 Å². The maximum atomic E-state index is 13.4. The quantitative estimate of drug-likeness (QED) is 0.641. The number of benzene rings is 1. The summed E-state index contributed by atoms with van der Waals surface area (Å²) >= 11 is 5.92. The van der Waals surface area contributed by atoms with Crippen LogP contribution in [-0.4, -0.2) is 21.6 Å². The summed E-state index contributed by atoms with van der Waals surface area (Å²) in [6, 6.07) is 1.80. The van der Waals surface area contributed by atoms with E-state index in [9.17, 15) is 19.0 Å². The van der Waals surface area contributed by atoms with Gasteiger partial charge in [-0.1, -0.05) is 15.9 Å². The van der Waals surface area contributed by atoms with Crippen LogP contribution in [0, 0.1) is 11.6 Å². The van der Waals surface area contributed by atoms with E-state index in [4.69, 9.17) is 0 Å². The fourth-order valence-corrected chi connectivity index (χ4v) is 2.03. The number of aliphatic hydroxyl groups excluding tert-OH is 2. The van der Waals surface area contributed by atoms with Gasteiger partial charge in [-0.15, -0.1) is 0 Å². The molecular formula is C10H10Br2F2O2. The van der Waals surface area contributed by atoms with Crippen LogP contribution in [-0.2, 0) is 0 Å². The molecule has 0 saturated heterocycles.